The van der Waals surface area contributed by atoms with Crippen LogP contribution in [0.1, 0.15) is 68.4 Å². The number of ketones is 1. The van der Waals surface area contributed by atoms with E-state index in [-0.39, 0.29) is 11.9 Å². The summed E-state index contributed by atoms with van der Waals surface area (Å²) in [5, 5.41) is 0. The zero-order valence-electron chi connectivity index (χ0n) is 16.6. The van der Waals surface area contributed by atoms with Crippen molar-refractivity contribution in [1.82, 2.24) is 4.90 Å². The van der Waals surface area contributed by atoms with Gasteiger partial charge in [-0.25, -0.2) is 4.79 Å². The maximum Gasteiger partial charge on any atom is 0.410 e. The van der Waals surface area contributed by atoms with Crippen LogP contribution in [0, 0.1) is 5.41 Å². The molecule has 1 amide bonds. The molecule has 0 bridgehead atoms. The normalized spacial score (nSPS) is 20.0. The standard InChI is InChI=1S/C21H29I2NO3/c1-5-8-21(9-10-24(14-21)19(26)27-20(2,3)4)18(25)15-6-7-16(12-22)17(11-15)13-23/h6-7,11H,5,8-10,12-14H2,1-4H3/t21-/m1/s1. The third kappa shape index (κ3) is 5.58. The largest absolute Gasteiger partial charge is 0.444 e. The molecule has 1 aromatic carbocycles. The first-order valence-electron chi connectivity index (χ1n) is 9.42. The van der Waals surface area contributed by atoms with Crippen LogP contribution in [0.4, 0.5) is 4.79 Å². The van der Waals surface area contributed by atoms with E-state index in [1.165, 1.54) is 11.1 Å². The lowest BCUT2D eigenvalue weighted by Crippen LogP contribution is -2.39. The number of likely N-dealkylation sites (tertiary alicyclic amines) is 1. The Labute approximate surface area is 190 Å². The molecule has 27 heavy (non-hydrogen) atoms. The van der Waals surface area contributed by atoms with Crippen molar-refractivity contribution in [2.24, 2.45) is 5.41 Å². The predicted octanol–water partition coefficient (Wildman–Crippen LogP) is 6.17. The van der Waals surface area contributed by atoms with Crippen molar-refractivity contribution in [3.8, 4) is 0 Å². The molecule has 1 heterocycles. The summed E-state index contributed by atoms with van der Waals surface area (Å²) < 4.78 is 7.35. The molecule has 1 aromatic rings. The van der Waals surface area contributed by atoms with Crippen LogP contribution in [0.2, 0.25) is 0 Å². The van der Waals surface area contributed by atoms with Crippen LogP contribution in [0.15, 0.2) is 18.2 Å². The molecule has 4 nitrogen and oxygen atoms in total. The fourth-order valence-electron chi connectivity index (χ4n) is 3.66. The van der Waals surface area contributed by atoms with E-state index in [1.807, 2.05) is 26.8 Å². The number of ether oxygens (including phenoxy) is 1. The van der Waals surface area contributed by atoms with Gasteiger partial charge in [0.25, 0.3) is 0 Å². The number of carbonyl (C=O) groups excluding carboxylic acids is 2. The molecular weight excluding hydrogens is 568 g/mol. The summed E-state index contributed by atoms with van der Waals surface area (Å²) >= 11 is 4.71. The summed E-state index contributed by atoms with van der Waals surface area (Å²) in [4.78, 5) is 27.7. The molecule has 0 spiro atoms. The second-order valence-electron chi connectivity index (χ2n) is 8.26. The van der Waals surface area contributed by atoms with Crippen LogP contribution in [0.25, 0.3) is 0 Å². The molecule has 6 heteroatoms. The second-order valence-corrected chi connectivity index (χ2v) is 9.79. The first kappa shape index (κ1) is 22.9. The third-order valence-corrected chi connectivity index (χ3v) is 6.62. The molecule has 2 rings (SSSR count). The number of rotatable bonds is 6. The van der Waals surface area contributed by atoms with Gasteiger partial charge in [0.05, 0.1) is 5.41 Å². The van der Waals surface area contributed by atoms with Crippen LogP contribution in [0.5, 0.6) is 0 Å². The summed E-state index contributed by atoms with van der Waals surface area (Å²) in [6, 6.07) is 6.09. The van der Waals surface area contributed by atoms with Crippen molar-refractivity contribution in [2.75, 3.05) is 13.1 Å². The summed E-state index contributed by atoms with van der Waals surface area (Å²) in [5.74, 6) is 0.168. The van der Waals surface area contributed by atoms with Crippen LogP contribution < -0.4 is 0 Å². The molecule has 1 aliphatic rings. The molecule has 0 unspecified atom stereocenters. The van der Waals surface area contributed by atoms with E-state index in [9.17, 15) is 9.59 Å². The Morgan fingerprint density at radius 2 is 1.85 bits per heavy atom. The lowest BCUT2D eigenvalue weighted by Gasteiger charge is -2.29. The fraction of sp³-hybridized carbons (Fsp3) is 0.619. The highest BCUT2D eigenvalue weighted by atomic mass is 127. The molecule has 1 atom stereocenters. The Balaban J connectivity index is 2.26. The lowest BCUT2D eigenvalue weighted by atomic mass is 9.75. The Morgan fingerprint density at radius 3 is 2.41 bits per heavy atom. The lowest BCUT2D eigenvalue weighted by molar-refractivity contribution is 0.0272. The van der Waals surface area contributed by atoms with E-state index < -0.39 is 11.0 Å². The third-order valence-electron chi connectivity index (χ3n) is 4.97. The van der Waals surface area contributed by atoms with Crippen molar-refractivity contribution in [1.29, 1.82) is 0 Å². The summed E-state index contributed by atoms with van der Waals surface area (Å²) in [5.41, 5.74) is 2.26. The highest BCUT2D eigenvalue weighted by Gasteiger charge is 2.46. The van der Waals surface area contributed by atoms with Gasteiger partial charge >= 0.3 is 6.09 Å². The predicted molar refractivity (Wildman–Crippen MR) is 126 cm³/mol. The number of hydrogen-bond acceptors (Lipinski definition) is 3. The van der Waals surface area contributed by atoms with Gasteiger partial charge < -0.3 is 9.64 Å². The minimum atomic E-state index is -0.526. The van der Waals surface area contributed by atoms with Gasteiger partial charge in [-0.05, 0) is 50.8 Å². The highest BCUT2D eigenvalue weighted by Crippen LogP contribution is 2.39. The Hall–Kier alpha value is -0.380. The maximum atomic E-state index is 13.5. The first-order valence-corrected chi connectivity index (χ1v) is 12.5. The van der Waals surface area contributed by atoms with Gasteiger partial charge in [-0.3, -0.25) is 4.79 Å². The molecule has 150 valence electrons. The van der Waals surface area contributed by atoms with Gasteiger partial charge in [0.2, 0.25) is 0 Å². The number of carbonyl (C=O) groups is 2. The van der Waals surface area contributed by atoms with Crippen LogP contribution in [-0.4, -0.2) is 35.5 Å². The van der Waals surface area contributed by atoms with Crippen molar-refractivity contribution in [3.63, 3.8) is 0 Å². The van der Waals surface area contributed by atoms with E-state index in [4.69, 9.17) is 4.74 Å². The molecule has 0 saturated carbocycles. The number of hydrogen-bond donors (Lipinski definition) is 0. The topological polar surface area (TPSA) is 46.6 Å². The first-order chi connectivity index (χ1) is 12.7. The number of halogens is 2. The quantitative estimate of drug-likeness (QED) is 0.224. The van der Waals surface area contributed by atoms with Crippen molar-refractivity contribution >= 4 is 57.1 Å². The van der Waals surface area contributed by atoms with Crippen molar-refractivity contribution in [3.05, 3.63) is 34.9 Å². The van der Waals surface area contributed by atoms with Crippen LogP contribution in [0.3, 0.4) is 0 Å². The van der Waals surface area contributed by atoms with E-state index in [1.54, 1.807) is 4.90 Å². The van der Waals surface area contributed by atoms with Gasteiger partial charge in [-0.1, -0.05) is 70.7 Å². The van der Waals surface area contributed by atoms with E-state index in [0.717, 1.165) is 27.3 Å². The molecule has 0 radical (unpaired) electrons. The van der Waals surface area contributed by atoms with E-state index >= 15 is 0 Å². The maximum absolute atomic E-state index is 13.5. The van der Waals surface area contributed by atoms with Gasteiger partial charge in [-0.2, -0.15) is 0 Å². The molecule has 1 saturated heterocycles. The zero-order valence-corrected chi connectivity index (χ0v) is 20.9. The number of benzene rings is 1. The van der Waals surface area contributed by atoms with Crippen LogP contribution >= 0.6 is 45.2 Å². The Kier molecular flexibility index (Phi) is 7.98. The van der Waals surface area contributed by atoms with E-state index in [2.05, 4.69) is 64.2 Å². The Morgan fingerprint density at radius 1 is 1.19 bits per heavy atom. The molecular formula is C21H29I2NO3. The Bertz CT molecular complexity index is 699. The number of Topliss-reactive ketones (excluding diaryl/α,β-unsaturated/α-hetero) is 1. The van der Waals surface area contributed by atoms with Gasteiger partial charge in [0.15, 0.2) is 5.78 Å². The van der Waals surface area contributed by atoms with Crippen molar-refractivity contribution < 1.29 is 14.3 Å². The zero-order chi connectivity index (χ0) is 20.2. The minimum absolute atomic E-state index is 0.168. The number of nitrogens with zero attached hydrogens (tertiary/aromatic N) is 1. The molecule has 0 aromatic heterocycles. The molecule has 0 aliphatic carbocycles. The molecule has 0 N–H and O–H groups in total. The monoisotopic (exact) mass is 597 g/mol. The SMILES string of the molecule is CCC[C@@]1(C(=O)c2ccc(CI)c(CI)c2)CCN(C(=O)OC(C)(C)C)C1. The summed E-state index contributed by atoms with van der Waals surface area (Å²) in [6.07, 6.45) is 2.09. The summed E-state index contributed by atoms with van der Waals surface area (Å²) in [6.45, 7) is 8.72. The van der Waals surface area contributed by atoms with E-state index in [0.29, 0.717) is 19.5 Å². The molecule has 1 fully saturated rings. The average molecular weight is 597 g/mol. The summed E-state index contributed by atoms with van der Waals surface area (Å²) in [7, 11) is 0. The van der Waals surface area contributed by atoms with Crippen LogP contribution in [-0.2, 0) is 13.6 Å². The second kappa shape index (κ2) is 9.41. The van der Waals surface area contributed by atoms with Gasteiger partial charge in [0.1, 0.15) is 5.60 Å². The number of amides is 1. The minimum Gasteiger partial charge on any atom is -0.444 e. The van der Waals surface area contributed by atoms with Gasteiger partial charge in [0, 0.05) is 27.5 Å². The average Bonchev–Trinajstić information content (AvgIpc) is 3.05. The fourth-order valence-corrected chi connectivity index (χ4v) is 5.12. The molecule has 1 aliphatic heterocycles. The smallest absolute Gasteiger partial charge is 0.410 e. The van der Waals surface area contributed by atoms with Crippen molar-refractivity contribution in [2.45, 2.75) is 61.4 Å². The number of alkyl halides is 2. The van der Waals surface area contributed by atoms with Gasteiger partial charge in [-0.15, -0.1) is 0 Å². The highest BCUT2D eigenvalue weighted by molar-refractivity contribution is 14.1.